The van der Waals surface area contributed by atoms with Crippen LogP contribution in [0.4, 0.5) is 22.7 Å². The van der Waals surface area contributed by atoms with Crippen molar-refractivity contribution in [3.05, 3.63) is 199 Å². The number of hydrogen-bond acceptors (Lipinski definition) is 5. The molecule has 0 atom stereocenters. The van der Waals surface area contributed by atoms with Crippen molar-refractivity contribution < 1.29 is 4.42 Å². The van der Waals surface area contributed by atoms with Crippen molar-refractivity contribution in [3.63, 3.8) is 0 Å². The van der Waals surface area contributed by atoms with Crippen LogP contribution in [0.3, 0.4) is 0 Å². The fourth-order valence-electron chi connectivity index (χ4n) is 7.71. The van der Waals surface area contributed by atoms with Gasteiger partial charge in [0.2, 0.25) is 0 Å². The maximum atomic E-state index is 8.97. The molecule has 5 heteroatoms. The van der Waals surface area contributed by atoms with Gasteiger partial charge in [0.25, 0.3) is 0 Å². The predicted molar refractivity (Wildman–Crippen MR) is 230 cm³/mol. The summed E-state index contributed by atoms with van der Waals surface area (Å²) in [7, 11) is 0. The van der Waals surface area contributed by atoms with Gasteiger partial charge in [-0.25, -0.2) is 0 Å². The SMILES string of the molecule is N=C1C=Cc2ccc3ccc(N(c4cccc(-c5cccc(-c6ccccc6)c5)c4)c4cccc5oc6ccccc6c45)cc3c2/C1=N/Nc1ccccc1. The van der Waals surface area contributed by atoms with Gasteiger partial charge in [-0.05, 0) is 105 Å². The van der Waals surface area contributed by atoms with Crippen LogP contribution in [0, 0.1) is 5.41 Å². The van der Waals surface area contributed by atoms with Crippen molar-refractivity contribution in [1.29, 1.82) is 5.41 Å². The van der Waals surface area contributed by atoms with Gasteiger partial charge in [0.15, 0.2) is 0 Å². The summed E-state index contributed by atoms with van der Waals surface area (Å²) in [5.41, 5.74) is 16.2. The van der Waals surface area contributed by atoms with Gasteiger partial charge >= 0.3 is 0 Å². The molecule has 0 saturated heterocycles. The fourth-order valence-corrected chi connectivity index (χ4v) is 7.71. The first-order valence-corrected chi connectivity index (χ1v) is 18.4. The number of para-hydroxylation sites is 2. The van der Waals surface area contributed by atoms with E-state index in [4.69, 9.17) is 14.9 Å². The third-order valence-electron chi connectivity index (χ3n) is 10.3. The lowest BCUT2D eigenvalue weighted by Gasteiger charge is -2.27. The molecule has 0 radical (unpaired) electrons. The number of fused-ring (bicyclic) bond motifs is 6. The van der Waals surface area contributed by atoms with Gasteiger partial charge in [-0.1, -0.05) is 127 Å². The molecule has 1 heterocycles. The average Bonchev–Trinajstić information content (AvgIpc) is 3.64. The molecule has 10 rings (SSSR count). The molecular weight excluding hydrogens is 673 g/mol. The quantitative estimate of drug-likeness (QED) is 0.162. The highest BCUT2D eigenvalue weighted by molar-refractivity contribution is 6.55. The molecule has 1 aliphatic rings. The second kappa shape index (κ2) is 13.5. The van der Waals surface area contributed by atoms with E-state index in [9.17, 15) is 0 Å². The van der Waals surface area contributed by atoms with Crippen LogP contribution in [0.15, 0.2) is 198 Å². The van der Waals surface area contributed by atoms with Crippen molar-refractivity contribution in [1.82, 2.24) is 0 Å². The lowest BCUT2D eigenvalue weighted by molar-refractivity contribution is 0.669. The van der Waals surface area contributed by atoms with Crippen LogP contribution in [0.25, 0.3) is 61.0 Å². The fraction of sp³-hybridized carbons (Fsp3) is 0. The molecule has 9 aromatic rings. The summed E-state index contributed by atoms with van der Waals surface area (Å²) < 4.78 is 6.42. The number of hydrazone groups is 1. The Balaban J connectivity index is 1.18. The molecule has 0 amide bonds. The Bertz CT molecular complexity index is 2980. The zero-order valence-corrected chi connectivity index (χ0v) is 29.8. The molecule has 0 unspecified atom stereocenters. The molecule has 55 heavy (non-hydrogen) atoms. The molecule has 8 aromatic carbocycles. The van der Waals surface area contributed by atoms with Crippen molar-refractivity contribution in [2.45, 2.75) is 0 Å². The Morgan fingerprint density at radius 3 is 2.02 bits per heavy atom. The zero-order valence-electron chi connectivity index (χ0n) is 29.8. The molecule has 0 aliphatic heterocycles. The minimum absolute atomic E-state index is 0.353. The number of nitrogens with zero attached hydrogens (tertiary/aromatic N) is 2. The highest BCUT2D eigenvalue weighted by Gasteiger charge is 2.23. The van der Waals surface area contributed by atoms with Crippen LogP contribution in [-0.4, -0.2) is 11.4 Å². The van der Waals surface area contributed by atoms with E-state index in [-0.39, 0.29) is 0 Å². The zero-order chi connectivity index (χ0) is 36.7. The molecule has 0 spiro atoms. The smallest absolute Gasteiger partial charge is 0.137 e. The van der Waals surface area contributed by atoms with Crippen LogP contribution in [0.5, 0.6) is 0 Å². The topological polar surface area (TPSA) is 64.6 Å². The van der Waals surface area contributed by atoms with E-state index in [0.717, 1.165) is 77.7 Å². The van der Waals surface area contributed by atoms with Crippen molar-refractivity contribution in [2.75, 3.05) is 10.3 Å². The van der Waals surface area contributed by atoms with E-state index in [0.29, 0.717) is 11.4 Å². The summed E-state index contributed by atoms with van der Waals surface area (Å²) in [5, 5.41) is 18.0. The van der Waals surface area contributed by atoms with Crippen molar-refractivity contribution >= 4 is 73.0 Å². The Morgan fingerprint density at radius 2 is 1.16 bits per heavy atom. The number of furan rings is 1. The summed E-state index contributed by atoms with van der Waals surface area (Å²) >= 11 is 0. The normalized spacial score (nSPS) is 13.1. The first-order valence-electron chi connectivity index (χ1n) is 18.4. The number of benzene rings is 8. The van der Waals surface area contributed by atoms with Gasteiger partial charge in [-0.15, -0.1) is 0 Å². The van der Waals surface area contributed by atoms with E-state index in [1.165, 1.54) is 11.1 Å². The molecule has 1 aliphatic carbocycles. The van der Waals surface area contributed by atoms with Crippen LogP contribution in [0.1, 0.15) is 11.1 Å². The highest BCUT2D eigenvalue weighted by Crippen LogP contribution is 2.45. The number of rotatable bonds is 7. The van der Waals surface area contributed by atoms with E-state index in [2.05, 4.69) is 138 Å². The molecule has 0 bridgehead atoms. The number of nitrogens with one attached hydrogen (secondary N) is 2. The standard InChI is InChI=1S/C50H34N4O/c51-44-29-27-35-25-24-34-26-28-41(32-43(34)48(35)50(44)53-52-39-17-5-2-6-18-39)54(45-21-11-23-47-49(45)42-20-7-8-22-46(42)55-47)40-19-10-16-38(31-40)37-15-9-14-36(30-37)33-12-3-1-4-13-33/h1-32,51-52H/b51-44?,53-50+. The molecule has 260 valence electrons. The Hall–Kier alpha value is -7.50. The molecule has 0 fully saturated rings. The second-order valence-electron chi connectivity index (χ2n) is 13.7. The third kappa shape index (κ3) is 5.85. The Morgan fingerprint density at radius 1 is 0.509 bits per heavy atom. The van der Waals surface area contributed by atoms with Gasteiger partial charge in [0, 0.05) is 22.3 Å². The molecule has 1 aromatic heterocycles. The first-order chi connectivity index (χ1) is 27.2. The lowest BCUT2D eigenvalue weighted by Crippen LogP contribution is -2.19. The molecule has 0 saturated carbocycles. The summed E-state index contributed by atoms with van der Waals surface area (Å²) in [6.07, 6.45) is 3.83. The van der Waals surface area contributed by atoms with Gasteiger partial charge in [-0.3, -0.25) is 10.8 Å². The Kier molecular flexibility index (Phi) is 7.89. The van der Waals surface area contributed by atoms with E-state index >= 15 is 0 Å². The van der Waals surface area contributed by atoms with Crippen LogP contribution >= 0.6 is 0 Å². The third-order valence-corrected chi connectivity index (χ3v) is 10.3. The van der Waals surface area contributed by atoms with Crippen molar-refractivity contribution in [2.24, 2.45) is 5.10 Å². The Labute approximate surface area is 318 Å². The van der Waals surface area contributed by atoms with E-state index in [1.54, 1.807) is 0 Å². The second-order valence-corrected chi connectivity index (χ2v) is 13.7. The van der Waals surface area contributed by atoms with Crippen LogP contribution in [-0.2, 0) is 0 Å². The van der Waals surface area contributed by atoms with Crippen molar-refractivity contribution in [3.8, 4) is 22.3 Å². The van der Waals surface area contributed by atoms with Gasteiger partial charge in [0.05, 0.1) is 22.5 Å². The van der Waals surface area contributed by atoms with Gasteiger partial charge < -0.3 is 9.32 Å². The molecular formula is C50H34N4O. The highest BCUT2D eigenvalue weighted by atomic mass is 16.3. The van der Waals surface area contributed by atoms with Crippen LogP contribution < -0.4 is 10.3 Å². The summed E-state index contributed by atoms with van der Waals surface area (Å²) in [6.45, 7) is 0. The lowest BCUT2D eigenvalue weighted by atomic mass is 9.89. The number of allylic oxidation sites excluding steroid dienone is 1. The molecule has 2 N–H and O–H groups in total. The van der Waals surface area contributed by atoms with Gasteiger partial charge in [-0.2, -0.15) is 5.10 Å². The number of hydrogen-bond donors (Lipinski definition) is 2. The summed E-state index contributed by atoms with van der Waals surface area (Å²) in [5.74, 6) is 0. The minimum atomic E-state index is 0.353. The van der Waals surface area contributed by atoms with Gasteiger partial charge in [0.1, 0.15) is 16.9 Å². The van der Waals surface area contributed by atoms with E-state index in [1.807, 2.05) is 66.7 Å². The predicted octanol–water partition coefficient (Wildman–Crippen LogP) is 13.4. The monoisotopic (exact) mass is 706 g/mol. The maximum absolute atomic E-state index is 8.97. The van der Waals surface area contributed by atoms with Crippen LogP contribution in [0.2, 0.25) is 0 Å². The van der Waals surface area contributed by atoms with E-state index < -0.39 is 0 Å². The summed E-state index contributed by atoms with van der Waals surface area (Å²) in [6, 6.07) is 63.2. The summed E-state index contributed by atoms with van der Waals surface area (Å²) in [4.78, 5) is 2.33. The first kappa shape index (κ1) is 32.2. The maximum Gasteiger partial charge on any atom is 0.137 e. The molecule has 5 nitrogen and oxygen atoms in total. The minimum Gasteiger partial charge on any atom is -0.456 e. The number of anilines is 4. The average molecular weight is 707 g/mol. The largest absolute Gasteiger partial charge is 0.456 e.